The Bertz CT molecular complexity index is 3280. The van der Waals surface area contributed by atoms with Crippen molar-refractivity contribution in [3.05, 3.63) is 218 Å². The van der Waals surface area contributed by atoms with Crippen LogP contribution in [0.4, 0.5) is 13.2 Å². The molecule has 12 rings (SSSR count). The second kappa shape index (κ2) is 23.3. The van der Waals surface area contributed by atoms with Crippen LogP contribution in [-0.4, -0.2) is 15.0 Å². The van der Waals surface area contributed by atoms with Crippen molar-refractivity contribution in [1.82, 2.24) is 15.0 Å². The van der Waals surface area contributed by atoms with E-state index in [1.807, 2.05) is 109 Å². The van der Waals surface area contributed by atoms with Crippen LogP contribution in [0.25, 0.3) is 95.7 Å². The average molecular weight is 1140 g/mol. The van der Waals surface area contributed by atoms with E-state index < -0.39 is 0 Å². The van der Waals surface area contributed by atoms with Gasteiger partial charge in [-0.25, -0.2) is 28.1 Å². The van der Waals surface area contributed by atoms with Gasteiger partial charge >= 0.3 is 0 Å². The van der Waals surface area contributed by atoms with Crippen molar-refractivity contribution in [3.63, 3.8) is 0 Å². The molecule has 0 unspecified atom stereocenters. The van der Waals surface area contributed by atoms with Gasteiger partial charge in [-0.15, -0.1) is 34.0 Å². The molecule has 0 aliphatic carbocycles. The van der Waals surface area contributed by atoms with Gasteiger partial charge < -0.3 is 37.9 Å². The first kappa shape index (κ1) is 51.7. The number of fused-ring (bicyclic) bond motifs is 3. The Morgan fingerprint density at radius 2 is 0.535 bits per heavy atom. The first-order chi connectivity index (χ1) is 33.6. The molecule has 12 aromatic rings. The summed E-state index contributed by atoms with van der Waals surface area (Å²) in [6.07, 6.45) is 0. The number of thiazole rings is 3. The van der Waals surface area contributed by atoms with E-state index in [9.17, 15) is 13.2 Å². The average Bonchev–Trinajstić information content (AvgIpc) is 4.13. The number of para-hydroxylation sites is 3. The quantitative estimate of drug-likeness (QED) is 0.122. The third-order valence-corrected chi connectivity index (χ3v) is 15.3. The van der Waals surface area contributed by atoms with E-state index >= 15 is 0 Å². The summed E-state index contributed by atoms with van der Waals surface area (Å²) in [4.78, 5) is 16.4. The Labute approximate surface area is 462 Å². The minimum absolute atomic E-state index is 0. The predicted molar refractivity (Wildman–Crippen MR) is 288 cm³/mol. The van der Waals surface area contributed by atoms with E-state index in [2.05, 4.69) is 33.2 Å². The molecule has 0 amide bonds. The number of nitrogens with zero attached hydrogens (tertiary/aromatic N) is 3. The maximum atomic E-state index is 13.1. The second-order valence-corrected chi connectivity index (χ2v) is 20.0. The molecule has 3 aromatic heterocycles. The number of aromatic nitrogens is 3. The first-order valence-corrected chi connectivity index (χ1v) is 25.1. The zero-order chi connectivity index (χ0) is 47.4. The van der Waals surface area contributed by atoms with Crippen molar-refractivity contribution in [2.45, 2.75) is 14.7 Å². The van der Waals surface area contributed by atoms with Crippen molar-refractivity contribution < 1.29 is 52.1 Å². The molecule has 0 aliphatic rings. The van der Waals surface area contributed by atoms with E-state index in [4.69, 9.17) is 37.9 Å². The van der Waals surface area contributed by atoms with Crippen molar-refractivity contribution in [2.24, 2.45) is 0 Å². The monoisotopic (exact) mass is 1140 g/mol. The molecule has 0 aliphatic heterocycles. The van der Waals surface area contributed by atoms with Gasteiger partial charge in [-0.3, -0.25) is 0 Å². The van der Waals surface area contributed by atoms with Crippen molar-refractivity contribution in [3.8, 4) is 65.1 Å². The third kappa shape index (κ3) is 12.0. The predicted octanol–water partition coefficient (Wildman–Crippen LogP) is 17.0. The minimum atomic E-state index is -0.236. The summed E-state index contributed by atoms with van der Waals surface area (Å²) in [5.74, 6) is -0.708. The van der Waals surface area contributed by atoms with Gasteiger partial charge in [0, 0.05) is 39.0 Å². The molecule has 0 N–H and O–H groups in total. The van der Waals surface area contributed by atoms with Crippen LogP contribution in [0.2, 0.25) is 0 Å². The van der Waals surface area contributed by atoms with Crippen molar-refractivity contribution in [2.75, 3.05) is 0 Å². The second-order valence-electron chi connectivity index (χ2n) is 15.6. The summed E-state index contributed by atoms with van der Waals surface area (Å²) in [5, 5.41) is 2.75. The van der Waals surface area contributed by atoms with Crippen LogP contribution in [-0.2, 0) is 76.8 Å². The first-order valence-electron chi connectivity index (χ1n) is 21.4. The summed E-state index contributed by atoms with van der Waals surface area (Å²) >= 11 is 21.3. The normalized spacial score (nSPS) is 10.7. The molecule has 340 valence electrons. The number of halogens is 3. The Morgan fingerprint density at radius 3 is 0.789 bits per heavy atom. The number of hydrogen-bond acceptors (Lipinski definition) is 9. The van der Waals surface area contributed by atoms with Gasteiger partial charge in [0.15, 0.2) is 0 Å². The molecular weight excluding hydrogens is 1110 g/mol. The molecule has 3 nitrogen and oxygen atoms in total. The van der Waals surface area contributed by atoms with Crippen LogP contribution >= 0.6 is 34.0 Å². The summed E-state index contributed by atoms with van der Waals surface area (Å²) in [7, 11) is 0. The summed E-state index contributed by atoms with van der Waals surface area (Å²) in [5.41, 5.74) is 11.7. The van der Waals surface area contributed by atoms with Crippen LogP contribution in [0.1, 0.15) is 0 Å². The molecule has 14 heteroatoms. The topological polar surface area (TPSA) is 38.7 Å². The Balaban J connectivity index is 0.000000141. The van der Waals surface area contributed by atoms with Gasteiger partial charge in [0.05, 0.1) is 30.6 Å². The summed E-state index contributed by atoms with van der Waals surface area (Å²) in [6, 6.07) is 61.3. The standard InChI is InChI=1S/3C19H12FNS2.2Zn/c3*20-14-8-5-12(6-9-14)13-7-10-17(22)15(11-13)19-21-16-3-1-2-4-18(16)23-19;;/h3*1-11,22H;;/p-3. The molecule has 71 heavy (non-hydrogen) atoms. The number of rotatable bonds is 6. The van der Waals surface area contributed by atoms with E-state index in [1.165, 1.54) is 36.4 Å². The van der Waals surface area contributed by atoms with Crippen LogP contribution in [0, 0.1) is 17.5 Å². The van der Waals surface area contributed by atoms with Crippen molar-refractivity contribution >= 4 is 103 Å². The van der Waals surface area contributed by atoms with Crippen LogP contribution in [0.15, 0.2) is 215 Å². The van der Waals surface area contributed by atoms with E-state index in [-0.39, 0.29) is 56.4 Å². The Kier molecular flexibility index (Phi) is 16.9. The van der Waals surface area contributed by atoms with Gasteiger partial charge in [-0.05, 0) is 141 Å². The fourth-order valence-corrected chi connectivity index (χ4v) is 11.4. The largest absolute Gasteiger partial charge is 0.779 e. The van der Waals surface area contributed by atoms with Crippen molar-refractivity contribution in [1.29, 1.82) is 0 Å². The molecule has 0 saturated carbocycles. The maximum Gasteiger partial charge on any atom is 0.123 e. The zero-order valence-electron chi connectivity index (χ0n) is 37.4. The molecule has 0 bridgehead atoms. The third-order valence-electron chi connectivity index (χ3n) is 11.0. The molecular formula is C57H33F3N3S6Zn2-3. The summed E-state index contributed by atoms with van der Waals surface area (Å²) < 4.78 is 42.7. The molecule has 0 fully saturated rings. The molecule has 0 spiro atoms. The van der Waals surface area contributed by atoms with Gasteiger partial charge in [0.2, 0.25) is 0 Å². The smallest absolute Gasteiger partial charge is 0.123 e. The van der Waals surface area contributed by atoms with Gasteiger partial charge in [0.25, 0.3) is 0 Å². The maximum absolute atomic E-state index is 13.1. The van der Waals surface area contributed by atoms with E-state index in [0.29, 0.717) is 0 Å². The zero-order valence-corrected chi connectivity index (χ0v) is 48.2. The fraction of sp³-hybridized carbons (Fsp3) is 0. The molecule has 0 radical (unpaired) electrons. The molecule has 9 aromatic carbocycles. The van der Waals surface area contributed by atoms with Crippen LogP contribution in [0.3, 0.4) is 0 Å². The minimum Gasteiger partial charge on any atom is -0.779 e. The van der Waals surface area contributed by atoms with Gasteiger partial charge in [-0.2, -0.15) is 14.7 Å². The molecule has 0 atom stereocenters. The number of benzene rings is 9. The Hall–Kier alpha value is -5.65. The van der Waals surface area contributed by atoms with Gasteiger partial charge in [-0.1, -0.05) is 109 Å². The summed E-state index contributed by atoms with van der Waals surface area (Å²) in [6.45, 7) is 0. The van der Waals surface area contributed by atoms with Crippen LogP contribution < -0.4 is 0 Å². The Morgan fingerprint density at radius 1 is 0.296 bits per heavy atom. The van der Waals surface area contributed by atoms with E-state index in [1.54, 1.807) is 70.4 Å². The van der Waals surface area contributed by atoms with Crippen LogP contribution in [0.5, 0.6) is 0 Å². The van der Waals surface area contributed by atoms with Gasteiger partial charge in [0.1, 0.15) is 32.5 Å². The number of hydrogen-bond donors (Lipinski definition) is 0. The van der Waals surface area contributed by atoms with E-state index in [0.717, 1.165) is 110 Å². The molecule has 0 saturated heterocycles. The molecule has 3 heterocycles. The fourth-order valence-electron chi connectivity index (χ4n) is 7.52. The SMILES string of the molecule is Fc1ccc(-c2ccc([S-])c(-c3nc4ccccc4s3)c2)cc1.Fc1ccc(-c2ccc([S-])c(-c3nc4ccccc4s3)c2)cc1.Fc1ccc(-c2ccc([S-])c(-c3nc4ccccc4s3)c2)cc1.[Zn].[Zn].